The highest BCUT2D eigenvalue weighted by Crippen LogP contribution is 2.35. The quantitative estimate of drug-likeness (QED) is 0.600. The maximum Gasteiger partial charge on any atom is 0.235 e. The number of hydrogen-bond acceptors (Lipinski definition) is 4. The lowest BCUT2D eigenvalue weighted by Gasteiger charge is -2.32. The Hall–Kier alpha value is -0.650. The Labute approximate surface area is 115 Å². The SMILES string of the molecule is COCCN(CC(NC1CC1)C(N)=O)C(C)C1CC1. The average molecular weight is 269 g/mol. The van der Waals surface area contributed by atoms with Crippen LogP contribution in [0.5, 0.6) is 0 Å². The Balaban J connectivity index is 1.88. The molecular formula is C14H27N3O2. The first-order valence-corrected chi connectivity index (χ1v) is 7.40. The molecule has 0 bridgehead atoms. The Morgan fingerprint density at radius 3 is 2.58 bits per heavy atom. The largest absolute Gasteiger partial charge is 0.383 e. The topological polar surface area (TPSA) is 67.6 Å². The van der Waals surface area contributed by atoms with Crippen LogP contribution >= 0.6 is 0 Å². The Kier molecular flexibility index (Phi) is 5.19. The van der Waals surface area contributed by atoms with Crippen molar-refractivity contribution >= 4 is 5.91 Å². The van der Waals surface area contributed by atoms with Crippen molar-refractivity contribution in [1.29, 1.82) is 0 Å². The second kappa shape index (κ2) is 6.68. The van der Waals surface area contributed by atoms with Gasteiger partial charge in [-0.05, 0) is 38.5 Å². The number of hydrogen-bond donors (Lipinski definition) is 2. The number of nitrogens with zero attached hydrogens (tertiary/aromatic N) is 1. The van der Waals surface area contributed by atoms with Crippen molar-refractivity contribution in [3.8, 4) is 0 Å². The molecule has 5 nitrogen and oxygen atoms in total. The zero-order valence-corrected chi connectivity index (χ0v) is 12.1. The average Bonchev–Trinajstić information content (AvgIpc) is 3.25. The van der Waals surface area contributed by atoms with Crippen molar-refractivity contribution in [3.05, 3.63) is 0 Å². The van der Waals surface area contributed by atoms with E-state index in [2.05, 4.69) is 17.1 Å². The predicted molar refractivity (Wildman–Crippen MR) is 74.8 cm³/mol. The van der Waals surface area contributed by atoms with Crippen LogP contribution < -0.4 is 11.1 Å². The summed E-state index contributed by atoms with van der Waals surface area (Å²) in [6.45, 7) is 4.52. The lowest BCUT2D eigenvalue weighted by atomic mass is 10.1. The van der Waals surface area contributed by atoms with Gasteiger partial charge >= 0.3 is 0 Å². The van der Waals surface area contributed by atoms with E-state index in [1.54, 1.807) is 7.11 Å². The number of primary amides is 1. The van der Waals surface area contributed by atoms with E-state index in [1.165, 1.54) is 25.7 Å². The van der Waals surface area contributed by atoms with Crippen LogP contribution in [-0.2, 0) is 9.53 Å². The molecule has 0 aromatic rings. The van der Waals surface area contributed by atoms with Crippen molar-refractivity contribution in [2.75, 3.05) is 26.8 Å². The van der Waals surface area contributed by atoms with Gasteiger partial charge in [0.25, 0.3) is 0 Å². The first kappa shape index (κ1) is 14.8. The van der Waals surface area contributed by atoms with Crippen LogP contribution in [0.3, 0.4) is 0 Å². The van der Waals surface area contributed by atoms with Crippen molar-refractivity contribution in [1.82, 2.24) is 10.2 Å². The van der Waals surface area contributed by atoms with Gasteiger partial charge in [0.05, 0.1) is 12.6 Å². The molecule has 2 aliphatic rings. The molecule has 2 saturated carbocycles. The Morgan fingerprint density at radius 2 is 2.11 bits per heavy atom. The van der Waals surface area contributed by atoms with Crippen molar-refractivity contribution in [2.24, 2.45) is 11.7 Å². The molecule has 0 heterocycles. The van der Waals surface area contributed by atoms with Gasteiger partial charge in [0.15, 0.2) is 0 Å². The normalized spacial score (nSPS) is 22.5. The van der Waals surface area contributed by atoms with Gasteiger partial charge in [-0.15, -0.1) is 0 Å². The van der Waals surface area contributed by atoms with E-state index in [0.29, 0.717) is 25.2 Å². The molecule has 110 valence electrons. The molecule has 2 rings (SSSR count). The van der Waals surface area contributed by atoms with E-state index in [4.69, 9.17) is 10.5 Å². The number of carbonyl (C=O) groups excluding carboxylic acids is 1. The maximum absolute atomic E-state index is 11.6. The van der Waals surface area contributed by atoms with Gasteiger partial charge in [-0.1, -0.05) is 0 Å². The van der Waals surface area contributed by atoms with E-state index in [0.717, 1.165) is 12.5 Å². The molecule has 2 unspecified atom stereocenters. The van der Waals surface area contributed by atoms with E-state index in [-0.39, 0.29) is 11.9 Å². The van der Waals surface area contributed by atoms with Gasteiger partial charge in [0.1, 0.15) is 0 Å². The van der Waals surface area contributed by atoms with Crippen LogP contribution in [0.2, 0.25) is 0 Å². The summed E-state index contributed by atoms with van der Waals surface area (Å²) in [7, 11) is 1.72. The van der Waals surface area contributed by atoms with Gasteiger partial charge in [-0.25, -0.2) is 0 Å². The summed E-state index contributed by atoms with van der Waals surface area (Å²) in [5.41, 5.74) is 5.52. The summed E-state index contributed by atoms with van der Waals surface area (Å²) < 4.78 is 5.18. The lowest BCUT2D eigenvalue weighted by Crippen LogP contribution is -2.52. The number of methoxy groups -OCH3 is 1. The number of nitrogens with two attached hydrogens (primary N) is 1. The smallest absolute Gasteiger partial charge is 0.235 e. The fourth-order valence-corrected chi connectivity index (χ4v) is 2.54. The van der Waals surface area contributed by atoms with Crippen molar-refractivity contribution in [2.45, 2.75) is 50.7 Å². The molecule has 2 atom stereocenters. The van der Waals surface area contributed by atoms with Crippen LogP contribution in [0, 0.1) is 5.92 Å². The van der Waals surface area contributed by atoms with Crippen LogP contribution in [0.4, 0.5) is 0 Å². The second-order valence-corrected chi connectivity index (χ2v) is 5.96. The minimum atomic E-state index is -0.239. The number of amides is 1. The molecule has 2 aliphatic carbocycles. The second-order valence-electron chi connectivity index (χ2n) is 5.96. The van der Waals surface area contributed by atoms with Crippen molar-refractivity contribution < 1.29 is 9.53 Å². The molecule has 2 fully saturated rings. The van der Waals surface area contributed by atoms with Gasteiger partial charge in [-0.2, -0.15) is 0 Å². The number of ether oxygens (including phenoxy) is 1. The molecule has 0 aromatic heterocycles. The minimum absolute atomic E-state index is 0.231. The fraction of sp³-hybridized carbons (Fsp3) is 0.929. The van der Waals surface area contributed by atoms with Crippen LogP contribution in [-0.4, -0.2) is 55.7 Å². The molecule has 0 saturated heterocycles. The molecule has 5 heteroatoms. The zero-order valence-electron chi connectivity index (χ0n) is 12.1. The van der Waals surface area contributed by atoms with Crippen LogP contribution in [0.25, 0.3) is 0 Å². The van der Waals surface area contributed by atoms with E-state index >= 15 is 0 Å². The molecule has 19 heavy (non-hydrogen) atoms. The van der Waals surface area contributed by atoms with Crippen molar-refractivity contribution in [3.63, 3.8) is 0 Å². The lowest BCUT2D eigenvalue weighted by molar-refractivity contribution is -0.120. The highest BCUT2D eigenvalue weighted by molar-refractivity contribution is 5.80. The summed E-state index contributed by atoms with van der Waals surface area (Å²) in [5.74, 6) is 0.545. The molecular weight excluding hydrogens is 242 g/mol. The highest BCUT2D eigenvalue weighted by Gasteiger charge is 2.34. The molecule has 0 aromatic carbocycles. The Bertz CT molecular complexity index is 303. The maximum atomic E-state index is 11.6. The predicted octanol–water partition coefficient (Wildman–Crippen LogP) is 0.339. The van der Waals surface area contributed by atoms with E-state index < -0.39 is 0 Å². The monoisotopic (exact) mass is 269 g/mol. The van der Waals surface area contributed by atoms with Crippen LogP contribution in [0.1, 0.15) is 32.6 Å². The number of carbonyl (C=O) groups is 1. The molecule has 0 aliphatic heterocycles. The molecule has 0 spiro atoms. The summed E-state index contributed by atoms with van der Waals surface area (Å²) in [6.07, 6.45) is 4.95. The first-order valence-electron chi connectivity index (χ1n) is 7.40. The van der Waals surface area contributed by atoms with E-state index in [1.807, 2.05) is 0 Å². The van der Waals surface area contributed by atoms with Gasteiger partial charge in [-0.3, -0.25) is 9.69 Å². The van der Waals surface area contributed by atoms with Gasteiger partial charge in [0, 0.05) is 32.3 Å². The summed E-state index contributed by atoms with van der Waals surface area (Å²) in [6, 6.07) is 0.779. The molecule has 1 amide bonds. The van der Waals surface area contributed by atoms with Crippen LogP contribution in [0.15, 0.2) is 0 Å². The zero-order chi connectivity index (χ0) is 13.8. The third kappa shape index (κ3) is 4.75. The third-order valence-corrected chi connectivity index (χ3v) is 4.24. The first-order chi connectivity index (χ1) is 9.11. The Morgan fingerprint density at radius 1 is 1.42 bits per heavy atom. The summed E-state index contributed by atoms with van der Waals surface area (Å²) >= 11 is 0. The van der Waals surface area contributed by atoms with E-state index in [9.17, 15) is 4.79 Å². The summed E-state index contributed by atoms with van der Waals surface area (Å²) in [5, 5.41) is 3.35. The number of rotatable bonds is 10. The molecule has 3 N–H and O–H groups in total. The third-order valence-electron chi connectivity index (χ3n) is 4.24. The standard InChI is InChI=1S/C14H27N3O2/c1-10(11-3-4-11)17(7-8-19-2)9-13(14(15)18)16-12-5-6-12/h10-13,16H,3-9H2,1-2H3,(H2,15,18). The minimum Gasteiger partial charge on any atom is -0.383 e. The highest BCUT2D eigenvalue weighted by atomic mass is 16.5. The van der Waals surface area contributed by atoms with Gasteiger partial charge in [0.2, 0.25) is 5.91 Å². The summed E-state index contributed by atoms with van der Waals surface area (Å²) in [4.78, 5) is 13.9. The van der Waals surface area contributed by atoms with Gasteiger partial charge < -0.3 is 15.8 Å². The number of nitrogens with one attached hydrogen (secondary N) is 1. The fourth-order valence-electron chi connectivity index (χ4n) is 2.54. The molecule has 0 radical (unpaired) electrons.